The monoisotopic (exact) mass is 379 g/mol. The third kappa shape index (κ3) is 10.1. The molecule has 1 aromatic rings. The van der Waals surface area contributed by atoms with E-state index in [0.29, 0.717) is 0 Å². The minimum atomic E-state index is -0.437. The van der Waals surface area contributed by atoms with E-state index in [0.717, 1.165) is 6.42 Å². The van der Waals surface area contributed by atoms with Gasteiger partial charge in [-0.3, -0.25) is 9.59 Å². The van der Waals surface area contributed by atoms with E-state index in [1.54, 1.807) is 14.0 Å². The molecule has 0 aromatic heterocycles. The zero-order valence-corrected chi connectivity index (χ0v) is 16.8. The molecule has 0 aliphatic rings. The summed E-state index contributed by atoms with van der Waals surface area (Å²) in [4.78, 5) is 24.4. The second-order valence-electron chi connectivity index (χ2n) is 4.83. The van der Waals surface area contributed by atoms with Crippen molar-refractivity contribution >= 4 is 11.8 Å². The summed E-state index contributed by atoms with van der Waals surface area (Å²) >= 11 is 0. The molecule has 0 spiro atoms. The van der Waals surface area contributed by atoms with Crippen molar-refractivity contribution in [3.63, 3.8) is 0 Å². The average molecular weight is 379 g/mol. The van der Waals surface area contributed by atoms with E-state index in [1.807, 2.05) is 44.2 Å². The van der Waals surface area contributed by atoms with Crippen LogP contribution >= 0.6 is 0 Å². The van der Waals surface area contributed by atoms with E-state index in [9.17, 15) is 9.59 Å². The van der Waals surface area contributed by atoms with Gasteiger partial charge in [-0.15, -0.1) is 6.42 Å². The standard InChI is InChI=1S/C11H21N2O2.C6H5.Y/c1-6-8(3)12-11(15)9(4)13(5)10(14)7-2;1-2-4-6-5-3-1;/h8-9H,2,6-7H2,1,3-5H3,(H,12,15);1-5H;/q2*-1;. The number of nitrogens with zero attached hydrogens (tertiary/aromatic N) is 1. The summed E-state index contributed by atoms with van der Waals surface area (Å²) in [6, 6.07) is 12.2. The summed E-state index contributed by atoms with van der Waals surface area (Å²) in [7, 11) is 1.62. The molecular formula is C17H26N2O2Y-2. The molecule has 0 bridgehead atoms. The maximum Gasteiger partial charge on any atom is 0.242 e. The fraction of sp³-hybridized carbons (Fsp3) is 0.471. The summed E-state index contributed by atoms with van der Waals surface area (Å²) in [6.07, 6.45) is 1.06. The number of carbonyl (C=O) groups excluding carboxylic acids is 2. The Balaban J connectivity index is 0. The minimum absolute atomic E-state index is 0. The van der Waals surface area contributed by atoms with Crippen molar-refractivity contribution in [3.05, 3.63) is 43.3 Å². The SMILES string of the molecule is [CH2-]CC(=O)N(C)C(C)C(=O)NC(C)CC.[Y].[c-]1ccccc1. The Bertz CT molecular complexity index is 386. The first-order valence-corrected chi connectivity index (χ1v) is 7.20. The second kappa shape index (κ2) is 13.9. The minimum Gasteiger partial charge on any atom is -0.352 e. The van der Waals surface area contributed by atoms with E-state index in [-0.39, 0.29) is 57.0 Å². The van der Waals surface area contributed by atoms with Gasteiger partial charge in [0.25, 0.3) is 0 Å². The van der Waals surface area contributed by atoms with Crippen LogP contribution in [0.25, 0.3) is 0 Å². The van der Waals surface area contributed by atoms with Gasteiger partial charge in [-0.1, -0.05) is 6.92 Å². The Kier molecular flexibility index (Phi) is 14.9. The maximum atomic E-state index is 11.6. The van der Waals surface area contributed by atoms with E-state index in [1.165, 1.54) is 4.90 Å². The van der Waals surface area contributed by atoms with Gasteiger partial charge in [-0.25, -0.2) is 0 Å². The van der Waals surface area contributed by atoms with Crippen LogP contribution in [0.3, 0.4) is 0 Å². The number of carbonyl (C=O) groups is 2. The van der Waals surface area contributed by atoms with Crippen LogP contribution in [0, 0.1) is 13.0 Å². The van der Waals surface area contributed by atoms with Gasteiger partial charge in [0, 0.05) is 45.8 Å². The van der Waals surface area contributed by atoms with Gasteiger partial charge in [0.05, 0.1) is 0 Å². The summed E-state index contributed by atoms with van der Waals surface area (Å²) in [6.45, 7) is 9.15. The number of rotatable bonds is 5. The molecule has 2 amide bonds. The molecule has 2 unspecified atom stereocenters. The van der Waals surface area contributed by atoms with Gasteiger partial charge in [-0.05, 0) is 20.3 Å². The molecule has 1 rings (SSSR count). The van der Waals surface area contributed by atoms with Crippen LogP contribution in [0.1, 0.15) is 33.6 Å². The smallest absolute Gasteiger partial charge is 0.242 e. The molecule has 4 nitrogen and oxygen atoms in total. The first kappa shape index (κ1) is 23.5. The van der Waals surface area contributed by atoms with Crippen molar-refractivity contribution in [2.75, 3.05) is 7.05 Å². The number of hydrogen-bond donors (Lipinski definition) is 1. The quantitative estimate of drug-likeness (QED) is 0.799. The van der Waals surface area contributed by atoms with Crippen LogP contribution in [-0.4, -0.2) is 35.8 Å². The molecule has 0 saturated carbocycles. The molecule has 0 aliphatic heterocycles. The van der Waals surface area contributed by atoms with Crippen LogP contribution in [0.5, 0.6) is 0 Å². The molecule has 0 aliphatic carbocycles. The van der Waals surface area contributed by atoms with Gasteiger partial charge in [0.2, 0.25) is 5.91 Å². The Morgan fingerprint density at radius 2 is 1.77 bits per heavy atom. The van der Waals surface area contributed by atoms with Crippen molar-refractivity contribution in [1.82, 2.24) is 10.2 Å². The Hall–Kier alpha value is -0.736. The number of benzene rings is 1. The van der Waals surface area contributed by atoms with Gasteiger partial charge in [0.15, 0.2) is 5.91 Å². The Labute approximate surface area is 159 Å². The van der Waals surface area contributed by atoms with Crippen LogP contribution in [0.15, 0.2) is 30.3 Å². The van der Waals surface area contributed by atoms with E-state index in [4.69, 9.17) is 0 Å². The van der Waals surface area contributed by atoms with Gasteiger partial charge in [0.1, 0.15) is 6.04 Å². The average Bonchev–Trinajstić information content (AvgIpc) is 2.54. The largest absolute Gasteiger partial charge is 0.352 e. The van der Waals surface area contributed by atoms with Crippen molar-refractivity contribution in [2.45, 2.75) is 45.7 Å². The van der Waals surface area contributed by atoms with Crippen LogP contribution in [-0.2, 0) is 42.3 Å². The second-order valence-corrected chi connectivity index (χ2v) is 4.83. The van der Waals surface area contributed by atoms with Gasteiger partial charge < -0.3 is 17.1 Å². The summed E-state index contributed by atoms with van der Waals surface area (Å²) in [5, 5.41) is 2.84. The van der Waals surface area contributed by atoms with Crippen molar-refractivity contribution in [3.8, 4) is 0 Å². The third-order valence-electron chi connectivity index (χ3n) is 3.18. The van der Waals surface area contributed by atoms with Crippen LogP contribution < -0.4 is 5.32 Å². The maximum absolute atomic E-state index is 11.6. The van der Waals surface area contributed by atoms with Crippen LogP contribution in [0.4, 0.5) is 0 Å². The molecule has 121 valence electrons. The van der Waals surface area contributed by atoms with Crippen molar-refractivity contribution in [2.24, 2.45) is 0 Å². The Morgan fingerprint density at radius 1 is 1.23 bits per heavy atom. The molecule has 1 aromatic carbocycles. The number of amides is 2. The van der Waals surface area contributed by atoms with Crippen molar-refractivity contribution in [1.29, 1.82) is 0 Å². The first-order chi connectivity index (χ1) is 9.93. The summed E-state index contributed by atoms with van der Waals surface area (Å²) in [5.74, 6) is -0.240. The molecule has 0 saturated heterocycles. The molecule has 5 heteroatoms. The van der Waals surface area contributed by atoms with E-state index < -0.39 is 6.04 Å². The molecule has 2 atom stereocenters. The number of nitrogens with one attached hydrogen (secondary N) is 1. The molecule has 0 fully saturated rings. The predicted molar refractivity (Wildman–Crippen MR) is 85.4 cm³/mol. The normalized spacial score (nSPS) is 11.9. The number of hydrogen-bond acceptors (Lipinski definition) is 2. The molecule has 1 N–H and O–H groups in total. The third-order valence-corrected chi connectivity index (χ3v) is 3.18. The van der Waals surface area contributed by atoms with Crippen molar-refractivity contribution < 1.29 is 42.3 Å². The summed E-state index contributed by atoms with van der Waals surface area (Å²) in [5.41, 5.74) is 0. The molecule has 22 heavy (non-hydrogen) atoms. The van der Waals surface area contributed by atoms with Gasteiger partial charge in [-0.2, -0.15) is 36.4 Å². The topological polar surface area (TPSA) is 49.4 Å². The van der Waals surface area contributed by atoms with Crippen LogP contribution in [0.2, 0.25) is 0 Å². The Morgan fingerprint density at radius 3 is 2.09 bits per heavy atom. The molecule has 0 heterocycles. The zero-order valence-electron chi connectivity index (χ0n) is 14.0. The predicted octanol–water partition coefficient (Wildman–Crippen LogP) is 2.46. The molecular weight excluding hydrogens is 353 g/mol. The van der Waals surface area contributed by atoms with E-state index in [2.05, 4.69) is 18.3 Å². The molecule has 1 radical (unpaired) electrons. The number of likely N-dealkylation sites (N-methyl/N-ethyl adjacent to an activating group) is 1. The van der Waals surface area contributed by atoms with E-state index >= 15 is 0 Å². The van der Waals surface area contributed by atoms with Gasteiger partial charge >= 0.3 is 0 Å². The fourth-order valence-electron chi connectivity index (χ4n) is 1.38. The zero-order chi connectivity index (χ0) is 16.3. The summed E-state index contributed by atoms with van der Waals surface area (Å²) < 4.78 is 0. The fourth-order valence-corrected chi connectivity index (χ4v) is 1.38. The first-order valence-electron chi connectivity index (χ1n) is 7.20.